The van der Waals surface area contributed by atoms with Gasteiger partial charge in [0.2, 0.25) is 0 Å². The van der Waals surface area contributed by atoms with Gasteiger partial charge in [0.15, 0.2) is 0 Å². The topological polar surface area (TPSA) is 59.5 Å². The lowest BCUT2D eigenvalue weighted by atomic mass is 9.56. The van der Waals surface area contributed by atoms with Gasteiger partial charge >= 0.3 is 0 Å². The number of piperidine rings is 1. The zero-order valence-corrected chi connectivity index (χ0v) is 19.9. The number of hydrogen-bond donors (Lipinski definition) is 3. The van der Waals surface area contributed by atoms with Crippen molar-refractivity contribution in [1.29, 1.82) is 0 Å². The summed E-state index contributed by atoms with van der Waals surface area (Å²) in [6.07, 6.45) is 3.08. The van der Waals surface area contributed by atoms with E-state index < -0.39 is 11.0 Å². The fraction of sp³-hybridized carbons (Fsp3) is 0.310. The number of rotatable bonds is 4. The van der Waals surface area contributed by atoms with Gasteiger partial charge in [0, 0.05) is 53.0 Å². The van der Waals surface area contributed by atoms with E-state index in [2.05, 4.69) is 46.3 Å². The van der Waals surface area contributed by atoms with Crippen LogP contribution in [0.4, 0.5) is 0 Å². The molecule has 3 aromatic carbocycles. The molecule has 1 aromatic heterocycles. The second kappa shape index (κ2) is 8.16. The molecule has 1 aliphatic heterocycles. The Morgan fingerprint density at radius 3 is 2.65 bits per heavy atom. The van der Waals surface area contributed by atoms with E-state index in [0.717, 1.165) is 42.4 Å². The molecule has 2 heterocycles. The first-order chi connectivity index (χ1) is 16.5. The summed E-state index contributed by atoms with van der Waals surface area (Å²) in [6.45, 7) is 2.43. The average Bonchev–Trinajstić information content (AvgIpc) is 3.16. The van der Waals surface area contributed by atoms with Crippen molar-refractivity contribution in [2.75, 3.05) is 19.6 Å². The Bertz CT molecular complexity index is 1350. The molecule has 0 amide bonds. The van der Waals surface area contributed by atoms with Gasteiger partial charge < -0.3 is 20.1 Å². The van der Waals surface area contributed by atoms with Crippen LogP contribution >= 0.6 is 11.6 Å². The maximum atomic E-state index is 12.5. The summed E-state index contributed by atoms with van der Waals surface area (Å²) in [7, 11) is 0. The van der Waals surface area contributed by atoms with E-state index >= 15 is 0 Å². The van der Waals surface area contributed by atoms with Crippen LogP contribution in [0.5, 0.6) is 5.75 Å². The van der Waals surface area contributed by atoms with Crippen molar-refractivity contribution in [3.63, 3.8) is 0 Å². The van der Waals surface area contributed by atoms with E-state index in [0.29, 0.717) is 24.4 Å². The smallest absolute Gasteiger partial charge is 0.115 e. The highest BCUT2D eigenvalue weighted by atomic mass is 35.5. The Morgan fingerprint density at radius 2 is 1.82 bits per heavy atom. The monoisotopic (exact) mass is 472 g/mol. The number of phenolic OH excluding ortho intramolecular Hbond substituents is 1. The third-order valence-electron chi connectivity index (χ3n) is 8.09. The van der Waals surface area contributed by atoms with Crippen molar-refractivity contribution in [2.24, 2.45) is 0 Å². The minimum absolute atomic E-state index is 0.245. The highest BCUT2D eigenvalue weighted by Crippen LogP contribution is 2.51. The molecule has 4 nitrogen and oxygen atoms in total. The number of nitrogens with one attached hydrogen (secondary N) is 1. The first-order valence-corrected chi connectivity index (χ1v) is 12.4. The van der Waals surface area contributed by atoms with Gasteiger partial charge in [0.1, 0.15) is 5.75 Å². The van der Waals surface area contributed by atoms with E-state index in [1.54, 1.807) is 6.07 Å². The summed E-state index contributed by atoms with van der Waals surface area (Å²) < 4.78 is 0. The van der Waals surface area contributed by atoms with Crippen LogP contribution in [0, 0.1) is 0 Å². The van der Waals surface area contributed by atoms with E-state index in [9.17, 15) is 10.2 Å². The van der Waals surface area contributed by atoms with Crippen molar-refractivity contribution in [1.82, 2.24) is 9.88 Å². The minimum atomic E-state index is -0.947. The number of aromatic nitrogens is 1. The molecule has 4 aromatic rings. The molecule has 5 heteroatoms. The lowest BCUT2D eigenvalue weighted by molar-refractivity contribution is -0.102. The number of nitrogens with zero attached hydrogens (tertiary/aromatic N) is 1. The number of H-pyrrole nitrogens is 1. The standard InChI is InChI=1S/C29H29ClN2O2/c30-22-9-10-24-25-17-29(34)19-32(13-11-20-5-2-1-3-6-20)14-12-28(29,18-27(25)31-26(24)16-22)21-7-4-8-23(33)15-21/h1-10,15-16,31,33-34H,11-14,17-19H2/t28-,29-/m0/s1. The Balaban J connectivity index is 1.40. The molecule has 0 saturated carbocycles. The number of halogens is 1. The maximum absolute atomic E-state index is 12.5. The maximum Gasteiger partial charge on any atom is 0.115 e. The summed E-state index contributed by atoms with van der Waals surface area (Å²) in [5.74, 6) is 0.245. The van der Waals surface area contributed by atoms with Crippen LogP contribution in [0.25, 0.3) is 10.9 Å². The van der Waals surface area contributed by atoms with Crippen molar-refractivity contribution in [3.05, 3.63) is 100 Å². The first-order valence-electron chi connectivity index (χ1n) is 12.0. The number of benzene rings is 3. The largest absolute Gasteiger partial charge is 0.508 e. The van der Waals surface area contributed by atoms with Crippen molar-refractivity contribution in [2.45, 2.75) is 36.7 Å². The van der Waals surface area contributed by atoms with Gasteiger partial charge in [0.05, 0.1) is 5.60 Å². The highest BCUT2D eigenvalue weighted by Gasteiger charge is 2.57. The van der Waals surface area contributed by atoms with Crippen molar-refractivity contribution >= 4 is 22.5 Å². The summed E-state index contributed by atoms with van der Waals surface area (Å²) in [4.78, 5) is 6.01. The number of aromatic hydroxyl groups is 1. The molecule has 0 bridgehead atoms. The third-order valence-corrected chi connectivity index (χ3v) is 8.33. The number of aromatic amines is 1. The Morgan fingerprint density at radius 1 is 0.971 bits per heavy atom. The summed E-state index contributed by atoms with van der Waals surface area (Å²) in [6, 6.07) is 24.0. The molecule has 3 N–H and O–H groups in total. The minimum Gasteiger partial charge on any atom is -0.508 e. The zero-order chi connectivity index (χ0) is 23.3. The van der Waals surface area contributed by atoms with E-state index in [1.165, 1.54) is 16.8 Å². The molecule has 34 heavy (non-hydrogen) atoms. The van der Waals surface area contributed by atoms with Gasteiger partial charge in [0.25, 0.3) is 0 Å². The second-order valence-electron chi connectivity index (χ2n) is 10.1. The van der Waals surface area contributed by atoms with Gasteiger partial charge in [-0.3, -0.25) is 0 Å². The summed E-state index contributed by atoms with van der Waals surface area (Å²) in [5, 5.41) is 24.6. The van der Waals surface area contributed by atoms with Crippen LogP contribution in [0.15, 0.2) is 72.8 Å². The predicted octanol–water partition coefficient (Wildman–Crippen LogP) is 5.24. The Hall–Kier alpha value is -2.79. The molecule has 2 aliphatic rings. The molecule has 0 radical (unpaired) electrons. The van der Waals surface area contributed by atoms with Crippen LogP contribution < -0.4 is 0 Å². The third kappa shape index (κ3) is 3.52. The number of fused-ring (bicyclic) bond motifs is 4. The second-order valence-corrected chi connectivity index (χ2v) is 10.5. The lowest BCUT2D eigenvalue weighted by Gasteiger charge is -2.56. The van der Waals surface area contributed by atoms with Gasteiger partial charge in [-0.15, -0.1) is 0 Å². The van der Waals surface area contributed by atoms with Crippen molar-refractivity contribution in [3.8, 4) is 5.75 Å². The van der Waals surface area contributed by atoms with Crippen LogP contribution in [-0.2, 0) is 24.7 Å². The normalized spacial score (nSPS) is 24.6. The van der Waals surface area contributed by atoms with Gasteiger partial charge in [-0.2, -0.15) is 0 Å². The first kappa shape index (κ1) is 21.7. The molecule has 1 aliphatic carbocycles. The molecule has 6 rings (SSSR count). The van der Waals surface area contributed by atoms with E-state index in [4.69, 9.17) is 11.6 Å². The highest BCUT2D eigenvalue weighted by molar-refractivity contribution is 6.31. The Kier molecular flexibility index (Phi) is 5.21. The molecular weight excluding hydrogens is 444 g/mol. The fourth-order valence-corrected chi connectivity index (χ4v) is 6.50. The fourth-order valence-electron chi connectivity index (χ4n) is 6.33. The van der Waals surface area contributed by atoms with Crippen molar-refractivity contribution < 1.29 is 10.2 Å². The van der Waals surface area contributed by atoms with Crippen LogP contribution in [0.2, 0.25) is 5.02 Å². The molecular formula is C29H29ClN2O2. The van der Waals surface area contributed by atoms with Crippen LogP contribution in [0.3, 0.4) is 0 Å². The molecule has 1 saturated heterocycles. The number of phenols is 1. The van der Waals surface area contributed by atoms with E-state index in [-0.39, 0.29) is 5.75 Å². The molecule has 0 spiro atoms. The lowest BCUT2D eigenvalue weighted by Crippen LogP contribution is -2.66. The summed E-state index contributed by atoms with van der Waals surface area (Å²) in [5.41, 5.74) is 4.30. The Labute approximate surface area is 204 Å². The number of aliphatic hydroxyl groups is 1. The van der Waals surface area contributed by atoms with Gasteiger partial charge in [-0.25, -0.2) is 0 Å². The molecule has 0 unspecified atom stereocenters. The zero-order valence-electron chi connectivity index (χ0n) is 19.1. The number of hydrogen-bond acceptors (Lipinski definition) is 3. The molecule has 1 fully saturated rings. The summed E-state index contributed by atoms with van der Waals surface area (Å²) >= 11 is 6.27. The predicted molar refractivity (Wildman–Crippen MR) is 137 cm³/mol. The quantitative estimate of drug-likeness (QED) is 0.380. The average molecular weight is 473 g/mol. The van der Waals surface area contributed by atoms with Gasteiger partial charge in [-0.1, -0.05) is 60.1 Å². The number of likely N-dealkylation sites (tertiary alicyclic amines) is 1. The molecule has 174 valence electrons. The van der Waals surface area contributed by atoms with Crippen LogP contribution in [0.1, 0.15) is 28.8 Å². The number of β-amino-alcohol motifs (C(OH)–C–C–N with tert-alkyl or cyclic N) is 1. The van der Waals surface area contributed by atoms with E-state index in [1.807, 2.05) is 30.3 Å². The molecule has 2 atom stereocenters. The van der Waals surface area contributed by atoms with Gasteiger partial charge in [-0.05, 0) is 60.3 Å². The van der Waals surface area contributed by atoms with Crippen LogP contribution in [-0.4, -0.2) is 45.3 Å². The SMILES string of the molecule is Oc1cccc([C@@]23CCN(CCc4ccccc4)C[C@@]2(O)Cc2c([nH]c4cc(Cl)ccc24)C3)c1.